The first-order valence-corrected chi connectivity index (χ1v) is 6.63. The molecule has 0 fully saturated rings. The van der Waals surface area contributed by atoms with Crippen LogP contribution in [-0.2, 0) is 19.7 Å². The van der Waals surface area contributed by atoms with E-state index in [2.05, 4.69) is 10.1 Å². The molecule has 0 amide bonds. The summed E-state index contributed by atoms with van der Waals surface area (Å²) in [7, 11) is 1.56. The Labute approximate surface area is 122 Å². The van der Waals surface area contributed by atoms with Crippen molar-refractivity contribution >= 4 is 11.6 Å². The van der Waals surface area contributed by atoms with Crippen LogP contribution in [0.3, 0.4) is 0 Å². The fraction of sp³-hybridized carbons (Fsp3) is 0.385. The number of hydrogen-bond acceptors (Lipinski definition) is 5. The SMILES string of the molecule is CCn1ncnc1COc1c(CN)cc(Cl)cc1OC. The van der Waals surface area contributed by atoms with Gasteiger partial charge >= 0.3 is 0 Å². The normalized spacial score (nSPS) is 10.6. The van der Waals surface area contributed by atoms with E-state index in [9.17, 15) is 0 Å². The highest BCUT2D eigenvalue weighted by molar-refractivity contribution is 6.30. The fourth-order valence-electron chi connectivity index (χ4n) is 1.89. The summed E-state index contributed by atoms with van der Waals surface area (Å²) in [6.07, 6.45) is 1.51. The van der Waals surface area contributed by atoms with E-state index in [1.807, 2.05) is 6.92 Å². The van der Waals surface area contributed by atoms with Gasteiger partial charge in [-0.05, 0) is 13.0 Å². The van der Waals surface area contributed by atoms with Gasteiger partial charge < -0.3 is 15.2 Å². The molecule has 1 heterocycles. The molecule has 0 aliphatic rings. The monoisotopic (exact) mass is 296 g/mol. The molecule has 20 heavy (non-hydrogen) atoms. The van der Waals surface area contributed by atoms with Crippen molar-refractivity contribution in [2.75, 3.05) is 7.11 Å². The minimum absolute atomic E-state index is 0.291. The Bertz CT molecular complexity index is 560. The van der Waals surface area contributed by atoms with E-state index >= 15 is 0 Å². The van der Waals surface area contributed by atoms with Crippen molar-refractivity contribution in [3.63, 3.8) is 0 Å². The third-order valence-electron chi connectivity index (χ3n) is 2.88. The van der Waals surface area contributed by atoms with Gasteiger partial charge in [-0.15, -0.1) is 0 Å². The molecule has 108 valence electrons. The highest BCUT2D eigenvalue weighted by Gasteiger charge is 2.13. The number of aryl methyl sites for hydroxylation is 1. The van der Waals surface area contributed by atoms with Crippen LogP contribution >= 0.6 is 11.6 Å². The van der Waals surface area contributed by atoms with Gasteiger partial charge in [0, 0.05) is 29.7 Å². The number of hydrogen-bond donors (Lipinski definition) is 1. The number of methoxy groups -OCH3 is 1. The summed E-state index contributed by atoms with van der Waals surface area (Å²) >= 11 is 6.01. The van der Waals surface area contributed by atoms with Crippen molar-refractivity contribution in [2.24, 2.45) is 5.73 Å². The number of benzene rings is 1. The van der Waals surface area contributed by atoms with E-state index in [1.165, 1.54) is 6.33 Å². The molecule has 0 bridgehead atoms. The lowest BCUT2D eigenvalue weighted by Crippen LogP contribution is -2.09. The van der Waals surface area contributed by atoms with E-state index in [0.29, 0.717) is 29.7 Å². The van der Waals surface area contributed by atoms with Crippen molar-refractivity contribution in [1.82, 2.24) is 14.8 Å². The van der Waals surface area contributed by atoms with Crippen LogP contribution in [0.4, 0.5) is 0 Å². The number of halogens is 1. The third-order valence-corrected chi connectivity index (χ3v) is 3.10. The maximum Gasteiger partial charge on any atom is 0.166 e. The molecular formula is C13H17ClN4O2. The number of nitrogens with zero attached hydrogens (tertiary/aromatic N) is 3. The molecule has 0 aliphatic heterocycles. The van der Waals surface area contributed by atoms with Crippen LogP contribution in [0.15, 0.2) is 18.5 Å². The molecule has 6 nitrogen and oxygen atoms in total. The number of rotatable bonds is 6. The van der Waals surface area contributed by atoms with E-state index < -0.39 is 0 Å². The summed E-state index contributed by atoms with van der Waals surface area (Å²) in [6.45, 7) is 3.33. The van der Waals surface area contributed by atoms with Crippen LogP contribution in [0.25, 0.3) is 0 Å². The number of nitrogens with two attached hydrogens (primary N) is 1. The zero-order chi connectivity index (χ0) is 14.5. The van der Waals surface area contributed by atoms with Crippen molar-refractivity contribution in [2.45, 2.75) is 26.6 Å². The van der Waals surface area contributed by atoms with Crippen LogP contribution in [0.2, 0.25) is 5.02 Å². The second kappa shape index (κ2) is 6.58. The Morgan fingerprint density at radius 1 is 1.40 bits per heavy atom. The summed E-state index contributed by atoms with van der Waals surface area (Å²) in [6, 6.07) is 3.46. The van der Waals surface area contributed by atoms with Gasteiger partial charge in [0.2, 0.25) is 0 Å². The molecule has 0 saturated heterocycles. The van der Waals surface area contributed by atoms with E-state index in [1.54, 1.807) is 23.9 Å². The van der Waals surface area contributed by atoms with Gasteiger partial charge in [-0.1, -0.05) is 11.6 Å². The summed E-state index contributed by atoms with van der Waals surface area (Å²) < 4.78 is 12.9. The quantitative estimate of drug-likeness (QED) is 0.882. The first-order chi connectivity index (χ1) is 9.69. The molecular weight excluding hydrogens is 280 g/mol. The van der Waals surface area contributed by atoms with Gasteiger partial charge in [-0.25, -0.2) is 9.67 Å². The molecule has 0 atom stereocenters. The summed E-state index contributed by atoms with van der Waals surface area (Å²) in [5.74, 6) is 1.89. The predicted octanol–water partition coefficient (Wildman–Crippen LogP) is 2.00. The highest BCUT2D eigenvalue weighted by Crippen LogP contribution is 2.34. The topological polar surface area (TPSA) is 75.2 Å². The molecule has 1 aromatic carbocycles. The first kappa shape index (κ1) is 14.6. The second-order valence-corrected chi connectivity index (χ2v) is 4.52. The van der Waals surface area contributed by atoms with Crippen molar-refractivity contribution in [1.29, 1.82) is 0 Å². The molecule has 0 unspecified atom stereocenters. The molecule has 7 heteroatoms. The minimum Gasteiger partial charge on any atom is -0.493 e. The Balaban J connectivity index is 2.24. The zero-order valence-corrected chi connectivity index (χ0v) is 12.2. The maximum atomic E-state index is 6.01. The van der Waals surface area contributed by atoms with E-state index in [-0.39, 0.29) is 0 Å². The lowest BCUT2D eigenvalue weighted by Gasteiger charge is -2.14. The van der Waals surface area contributed by atoms with E-state index in [4.69, 9.17) is 26.8 Å². The smallest absolute Gasteiger partial charge is 0.166 e. The van der Waals surface area contributed by atoms with Crippen LogP contribution < -0.4 is 15.2 Å². The molecule has 2 N–H and O–H groups in total. The van der Waals surface area contributed by atoms with Crippen molar-refractivity contribution < 1.29 is 9.47 Å². The third kappa shape index (κ3) is 3.02. The lowest BCUT2D eigenvalue weighted by molar-refractivity contribution is 0.267. The van der Waals surface area contributed by atoms with Gasteiger partial charge in [0.25, 0.3) is 0 Å². The molecule has 2 aromatic rings. The Kier molecular flexibility index (Phi) is 4.81. The Morgan fingerprint density at radius 3 is 2.85 bits per heavy atom. The number of aromatic nitrogens is 3. The summed E-state index contributed by atoms with van der Waals surface area (Å²) in [5.41, 5.74) is 6.51. The average molecular weight is 297 g/mol. The summed E-state index contributed by atoms with van der Waals surface area (Å²) in [5, 5.41) is 4.66. The van der Waals surface area contributed by atoms with Crippen molar-refractivity contribution in [3.05, 3.63) is 34.9 Å². The Morgan fingerprint density at radius 2 is 2.20 bits per heavy atom. The second-order valence-electron chi connectivity index (χ2n) is 4.08. The van der Waals surface area contributed by atoms with Crippen LogP contribution in [0, 0.1) is 0 Å². The number of ether oxygens (including phenoxy) is 2. The zero-order valence-electron chi connectivity index (χ0n) is 11.5. The maximum absolute atomic E-state index is 6.01. The van der Waals surface area contributed by atoms with Gasteiger partial charge in [-0.3, -0.25) is 0 Å². The molecule has 0 radical (unpaired) electrons. The van der Waals surface area contributed by atoms with Gasteiger partial charge in [0.05, 0.1) is 7.11 Å². The molecule has 0 aliphatic carbocycles. The minimum atomic E-state index is 0.291. The Hall–Kier alpha value is -1.79. The van der Waals surface area contributed by atoms with Gasteiger partial charge in [-0.2, -0.15) is 5.10 Å². The van der Waals surface area contributed by atoms with Crippen LogP contribution in [0.5, 0.6) is 11.5 Å². The molecule has 0 spiro atoms. The standard InChI is InChI=1S/C13H17ClN4O2/c1-3-18-12(16-8-17-18)7-20-13-9(6-15)4-10(14)5-11(13)19-2/h4-5,8H,3,6-7,15H2,1-2H3. The largest absolute Gasteiger partial charge is 0.493 e. The van der Waals surface area contributed by atoms with Gasteiger partial charge in [0.15, 0.2) is 17.3 Å². The highest BCUT2D eigenvalue weighted by atomic mass is 35.5. The average Bonchev–Trinajstić information content (AvgIpc) is 2.92. The summed E-state index contributed by atoms with van der Waals surface area (Å²) in [4.78, 5) is 4.16. The van der Waals surface area contributed by atoms with Crippen LogP contribution in [0.1, 0.15) is 18.3 Å². The van der Waals surface area contributed by atoms with Crippen LogP contribution in [-0.4, -0.2) is 21.9 Å². The molecule has 1 aromatic heterocycles. The fourth-order valence-corrected chi connectivity index (χ4v) is 2.12. The van der Waals surface area contributed by atoms with Crippen molar-refractivity contribution in [3.8, 4) is 11.5 Å². The molecule has 2 rings (SSSR count). The van der Waals surface area contributed by atoms with E-state index in [0.717, 1.165) is 17.9 Å². The molecule has 0 saturated carbocycles. The lowest BCUT2D eigenvalue weighted by atomic mass is 10.2. The first-order valence-electron chi connectivity index (χ1n) is 6.25. The predicted molar refractivity (Wildman–Crippen MR) is 75.9 cm³/mol. The van der Waals surface area contributed by atoms with Gasteiger partial charge in [0.1, 0.15) is 12.9 Å².